The Hall–Kier alpha value is -4.44. The van der Waals surface area contributed by atoms with E-state index in [0.717, 1.165) is 16.7 Å². The van der Waals surface area contributed by atoms with E-state index in [1.807, 2.05) is 30.3 Å². The maximum absolute atomic E-state index is 5.55. The monoisotopic (exact) mass is 490 g/mol. The summed E-state index contributed by atoms with van der Waals surface area (Å²) in [6.07, 6.45) is 0. The van der Waals surface area contributed by atoms with E-state index < -0.39 is 0 Å². The van der Waals surface area contributed by atoms with Crippen LogP contribution in [0.4, 0.5) is 0 Å². The van der Waals surface area contributed by atoms with E-state index in [1.54, 1.807) is 61.9 Å². The Balaban J connectivity index is 2.05. The topological polar surface area (TPSA) is 64.6 Å². The molecule has 3 aromatic rings. The molecule has 36 heavy (non-hydrogen) atoms. The van der Waals surface area contributed by atoms with Crippen molar-refractivity contribution in [2.24, 2.45) is 0 Å². The van der Waals surface area contributed by atoms with E-state index in [4.69, 9.17) is 33.2 Å². The maximum Gasteiger partial charge on any atom is 0.203 e. The average molecular weight is 491 g/mol. The third-order valence-electron chi connectivity index (χ3n) is 5.57. The second-order valence-corrected chi connectivity index (χ2v) is 7.47. The highest BCUT2D eigenvalue weighted by molar-refractivity contribution is 5.81. The van der Waals surface area contributed by atoms with Crippen LogP contribution in [0.2, 0.25) is 0 Å². The van der Waals surface area contributed by atoms with Gasteiger partial charge in [0.15, 0.2) is 23.0 Å². The Kier molecular flexibility index (Phi) is 8.58. The number of hydrogen-bond acceptors (Lipinski definition) is 7. The molecule has 0 saturated heterocycles. The molecule has 0 aliphatic rings. The molecule has 7 nitrogen and oxygen atoms in total. The molecular formula is C29H30O7. The fourth-order valence-electron chi connectivity index (χ4n) is 3.71. The van der Waals surface area contributed by atoms with E-state index >= 15 is 0 Å². The van der Waals surface area contributed by atoms with Gasteiger partial charge in [0.2, 0.25) is 11.5 Å². The van der Waals surface area contributed by atoms with E-state index in [2.05, 4.69) is 18.4 Å². The lowest BCUT2D eigenvalue weighted by Crippen LogP contribution is -1.98. The summed E-state index contributed by atoms with van der Waals surface area (Å²) in [5.41, 5.74) is 3.82. The molecule has 0 fully saturated rings. The summed E-state index contributed by atoms with van der Waals surface area (Å²) >= 11 is 0. The minimum absolute atomic E-state index is 0.506. The first-order valence-electron chi connectivity index (χ1n) is 10.9. The van der Waals surface area contributed by atoms with Crippen molar-refractivity contribution < 1.29 is 33.2 Å². The summed E-state index contributed by atoms with van der Waals surface area (Å²) in [4.78, 5) is 0. The van der Waals surface area contributed by atoms with Gasteiger partial charge in [-0.15, -0.1) is 0 Å². The molecule has 0 amide bonds. The van der Waals surface area contributed by atoms with Crippen molar-refractivity contribution >= 4 is 5.57 Å². The lowest BCUT2D eigenvalue weighted by Gasteiger charge is -2.16. The zero-order chi connectivity index (χ0) is 26.2. The van der Waals surface area contributed by atoms with Crippen LogP contribution in [0.15, 0.2) is 49.0 Å². The van der Waals surface area contributed by atoms with E-state index in [1.165, 1.54) is 0 Å². The Morgan fingerprint density at radius 3 is 1.44 bits per heavy atom. The SMILES string of the molecule is C=C(c1ccc(OC)c(C#Cc2cc(OC)c(OC)c(OC)c2)c1)c1cc(OC)c(OC)c(OC)c1. The summed E-state index contributed by atoms with van der Waals surface area (Å²) in [7, 11) is 11.0. The predicted molar refractivity (Wildman–Crippen MR) is 139 cm³/mol. The second-order valence-electron chi connectivity index (χ2n) is 7.47. The van der Waals surface area contributed by atoms with Crippen LogP contribution in [0.5, 0.6) is 40.2 Å². The number of rotatable bonds is 9. The first kappa shape index (κ1) is 26.2. The molecule has 0 heterocycles. The van der Waals surface area contributed by atoms with Gasteiger partial charge in [-0.25, -0.2) is 0 Å². The number of hydrogen-bond donors (Lipinski definition) is 0. The van der Waals surface area contributed by atoms with E-state index in [-0.39, 0.29) is 0 Å². The molecule has 0 aliphatic carbocycles. The zero-order valence-corrected chi connectivity index (χ0v) is 21.6. The minimum atomic E-state index is 0.506. The quantitative estimate of drug-likeness (QED) is 0.382. The summed E-state index contributed by atoms with van der Waals surface area (Å²) < 4.78 is 38.2. The van der Waals surface area contributed by atoms with Crippen molar-refractivity contribution in [1.82, 2.24) is 0 Å². The average Bonchev–Trinajstić information content (AvgIpc) is 2.93. The molecule has 3 aromatic carbocycles. The fraction of sp³-hybridized carbons (Fsp3) is 0.241. The van der Waals surface area contributed by atoms with E-state index in [0.29, 0.717) is 51.4 Å². The number of ether oxygens (including phenoxy) is 7. The van der Waals surface area contributed by atoms with Gasteiger partial charge in [0, 0.05) is 5.56 Å². The van der Waals surface area contributed by atoms with Crippen molar-refractivity contribution in [3.8, 4) is 52.1 Å². The van der Waals surface area contributed by atoms with Crippen LogP contribution in [0, 0.1) is 11.8 Å². The highest BCUT2D eigenvalue weighted by Gasteiger charge is 2.16. The predicted octanol–water partition coefficient (Wildman–Crippen LogP) is 5.21. The van der Waals surface area contributed by atoms with Crippen LogP contribution < -0.4 is 33.2 Å². The molecule has 0 bridgehead atoms. The fourth-order valence-corrected chi connectivity index (χ4v) is 3.71. The van der Waals surface area contributed by atoms with Crippen molar-refractivity contribution in [3.63, 3.8) is 0 Å². The summed E-state index contributed by atoms with van der Waals surface area (Å²) in [5, 5.41) is 0. The lowest BCUT2D eigenvalue weighted by molar-refractivity contribution is 0.324. The van der Waals surface area contributed by atoms with Gasteiger partial charge in [-0.3, -0.25) is 0 Å². The standard InChI is InChI=1S/C29H30O7/c1-18(22-16-26(33-5)29(36-8)27(17-22)34-6)20-11-12-23(30-2)21(15-20)10-9-19-13-24(31-3)28(35-7)25(14-19)32-4/h11-17H,1H2,2-8H3. The van der Waals surface area contributed by atoms with Gasteiger partial charge in [0.05, 0.1) is 55.3 Å². The number of methoxy groups -OCH3 is 7. The van der Waals surface area contributed by atoms with Gasteiger partial charge >= 0.3 is 0 Å². The molecule has 0 spiro atoms. The first-order valence-corrected chi connectivity index (χ1v) is 10.9. The zero-order valence-electron chi connectivity index (χ0n) is 21.6. The van der Waals surface area contributed by atoms with Gasteiger partial charge < -0.3 is 33.2 Å². The molecule has 0 radical (unpaired) electrons. The van der Waals surface area contributed by atoms with Crippen LogP contribution in [0.25, 0.3) is 5.57 Å². The molecule has 188 valence electrons. The molecule has 0 aromatic heterocycles. The normalized spacial score (nSPS) is 9.97. The first-order chi connectivity index (χ1) is 17.4. The second kappa shape index (κ2) is 11.8. The number of benzene rings is 3. The van der Waals surface area contributed by atoms with Gasteiger partial charge in [0.1, 0.15) is 5.75 Å². The van der Waals surface area contributed by atoms with Crippen molar-refractivity contribution in [1.29, 1.82) is 0 Å². The Labute approximate surface area is 212 Å². The lowest BCUT2D eigenvalue weighted by atomic mass is 9.96. The largest absolute Gasteiger partial charge is 0.495 e. The highest BCUT2D eigenvalue weighted by atomic mass is 16.5. The molecule has 0 aliphatic heterocycles. The molecule has 7 heteroatoms. The smallest absolute Gasteiger partial charge is 0.203 e. The third-order valence-corrected chi connectivity index (χ3v) is 5.57. The van der Waals surface area contributed by atoms with Gasteiger partial charge in [-0.05, 0) is 53.1 Å². The minimum Gasteiger partial charge on any atom is -0.495 e. The van der Waals surface area contributed by atoms with Crippen LogP contribution in [0.3, 0.4) is 0 Å². The van der Waals surface area contributed by atoms with Crippen molar-refractivity contribution in [2.75, 3.05) is 49.8 Å². The van der Waals surface area contributed by atoms with Crippen LogP contribution in [-0.4, -0.2) is 49.8 Å². The van der Waals surface area contributed by atoms with Crippen LogP contribution in [-0.2, 0) is 0 Å². The van der Waals surface area contributed by atoms with Gasteiger partial charge in [-0.2, -0.15) is 0 Å². The Bertz CT molecular complexity index is 1260. The molecule has 0 saturated carbocycles. The maximum atomic E-state index is 5.55. The molecule has 0 unspecified atom stereocenters. The highest BCUT2D eigenvalue weighted by Crippen LogP contribution is 2.41. The van der Waals surface area contributed by atoms with Crippen LogP contribution >= 0.6 is 0 Å². The molecule has 3 rings (SSSR count). The summed E-state index contributed by atoms with van der Waals surface area (Å²) in [6, 6.07) is 13.0. The Morgan fingerprint density at radius 1 is 0.528 bits per heavy atom. The van der Waals surface area contributed by atoms with Crippen molar-refractivity contribution in [2.45, 2.75) is 0 Å². The third kappa shape index (κ3) is 5.28. The van der Waals surface area contributed by atoms with E-state index in [9.17, 15) is 0 Å². The van der Waals surface area contributed by atoms with Gasteiger partial charge in [0.25, 0.3) is 0 Å². The molecular weight excluding hydrogens is 460 g/mol. The molecule has 0 N–H and O–H groups in total. The summed E-state index contributed by atoms with van der Waals surface area (Å²) in [6.45, 7) is 4.29. The molecule has 0 atom stereocenters. The summed E-state index contributed by atoms with van der Waals surface area (Å²) in [5.74, 6) is 10.2. The van der Waals surface area contributed by atoms with Gasteiger partial charge in [-0.1, -0.05) is 24.5 Å². The Morgan fingerprint density at radius 2 is 1.00 bits per heavy atom. The van der Waals surface area contributed by atoms with Crippen LogP contribution in [0.1, 0.15) is 22.3 Å². The van der Waals surface area contributed by atoms with Crippen molar-refractivity contribution in [3.05, 3.63) is 71.3 Å².